The number of aromatic nitrogens is 1. The number of halogens is 2. The second-order valence-corrected chi connectivity index (χ2v) is 4.96. The van der Waals surface area contributed by atoms with E-state index in [1.54, 1.807) is 6.20 Å². The normalized spacial score (nSPS) is 12.5. The lowest BCUT2D eigenvalue weighted by Gasteiger charge is -2.15. The fourth-order valence-electron chi connectivity index (χ4n) is 1.34. The van der Waals surface area contributed by atoms with Crippen LogP contribution in [0.3, 0.4) is 0 Å². The van der Waals surface area contributed by atoms with E-state index < -0.39 is 0 Å². The molecule has 1 unspecified atom stereocenters. The molecule has 0 fully saturated rings. The van der Waals surface area contributed by atoms with E-state index in [2.05, 4.69) is 40.1 Å². The van der Waals surface area contributed by atoms with E-state index in [1.165, 1.54) is 12.8 Å². The van der Waals surface area contributed by atoms with Crippen LogP contribution in [0.15, 0.2) is 16.7 Å². The number of unbranched alkanes of at least 4 members (excludes halogenated alkanes) is 1. The summed E-state index contributed by atoms with van der Waals surface area (Å²) in [5, 5.41) is 4.00. The molecule has 2 nitrogen and oxygen atoms in total. The Hall–Kier alpha value is -0.280. The first-order chi connectivity index (χ1) is 7.13. The average Bonchev–Trinajstić information content (AvgIpc) is 2.19. The molecule has 1 aromatic rings. The molecule has 0 radical (unpaired) electrons. The molecule has 0 aliphatic rings. The highest BCUT2D eigenvalue weighted by Gasteiger charge is 2.06. The predicted octanol–water partition coefficient (Wildman–Crippen LogP) is 4.49. The maximum atomic E-state index is 5.82. The Kier molecular flexibility index (Phi) is 5.40. The number of hydrogen-bond acceptors (Lipinski definition) is 2. The standard InChI is InChI=1S/C11H16BrClN2/c1-3-4-5-8(2)15-11-10(12)6-9(13)7-14-11/h6-8H,3-5H2,1-2H3,(H,14,15). The summed E-state index contributed by atoms with van der Waals surface area (Å²) in [6, 6.07) is 2.29. The van der Waals surface area contributed by atoms with Crippen molar-refractivity contribution in [3.05, 3.63) is 21.8 Å². The second kappa shape index (κ2) is 6.33. The van der Waals surface area contributed by atoms with Gasteiger partial charge in [-0.25, -0.2) is 4.98 Å². The van der Waals surface area contributed by atoms with Crippen molar-refractivity contribution in [1.82, 2.24) is 4.98 Å². The molecule has 15 heavy (non-hydrogen) atoms. The third-order valence-electron chi connectivity index (χ3n) is 2.18. The SMILES string of the molecule is CCCCC(C)Nc1ncc(Cl)cc1Br. The number of nitrogens with one attached hydrogen (secondary N) is 1. The molecule has 1 atom stereocenters. The molecule has 4 heteroatoms. The van der Waals surface area contributed by atoms with Crippen LogP contribution in [-0.2, 0) is 0 Å². The molecular formula is C11H16BrClN2. The maximum Gasteiger partial charge on any atom is 0.140 e. The molecule has 0 bridgehead atoms. The molecule has 1 heterocycles. The first-order valence-corrected chi connectivity index (χ1v) is 6.38. The molecule has 0 saturated heterocycles. The van der Waals surface area contributed by atoms with Crippen molar-refractivity contribution in [3.63, 3.8) is 0 Å². The minimum atomic E-state index is 0.440. The van der Waals surface area contributed by atoms with E-state index in [-0.39, 0.29) is 0 Å². The summed E-state index contributed by atoms with van der Waals surface area (Å²) in [5.41, 5.74) is 0. The van der Waals surface area contributed by atoms with Gasteiger partial charge in [0.1, 0.15) is 5.82 Å². The van der Waals surface area contributed by atoms with Crippen LogP contribution in [-0.4, -0.2) is 11.0 Å². The van der Waals surface area contributed by atoms with Crippen LogP contribution in [0.4, 0.5) is 5.82 Å². The number of pyridine rings is 1. The number of rotatable bonds is 5. The highest BCUT2D eigenvalue weighted by Crippen LogP contribution is 2.24. The predicted molar refractivity (Wildman–Crippen MR) is 69.6 cm³/mol. The highest BCUT2D eigenvalue weighted by atomic mass is 79.9. The van der Waals surface area contributed by atoms with Crippen LogP contribution in [0.25, 0.3) is 0 Å². The summed E-state index contributed by atoms with van der Waals surface area (Å²) < 4.78 is 0.915. The number of anilines is 1. The average molecular weight is 292 g/mol. The van der Waals surface area contributed by atoms with Gasteiger partial charge in [-0.2, -0.15) is 0 Å². The van der Waals surface area contributed by atoms with Gasteiger partial charge in [0.25, 0.3) is 0 Å². The molecule has 1 rings (SSSR count). The van der Waals surface area contributed by atoms with Crippen molar-refractivity contribution in [1.29, 1.82) is 0 Å². The number of hydrogen-bond donors (Lipinski definition) is 1. The molecule has 0 aromatic carbocycles. The minimum Gasteiger partial charge on any atom is -0.367 e. The van der Waals surface area contributed by atoms with E-state index >= 15 is 0 Å². The van der Waals surface area contributed by atoms with Gasteiger partial charge in [0, 0.05) is 12.2 Å². The molecule has 0 amide bonds. The smallest absolute Gasteiger partial charge is 0.140 e. The quantitative estimate of drug-likeness (QED) is 0.864. The van der Waals surface area contributed by atoms with Crippen LogP contribution in [0.1, 0.15) is 33.1 Å². The van der Waals surface area contributed by atoms with Gasteiger partial charge in [-0.1, -0.05) is 31.4 Å². The van der Waals surface area contributed by atoms with E-state index in [4.69, 9.17) is 11.6 Å². The Morgan fingerprint density at radius 2 is 2.33 bits per heavy atom. The van der Waals surface area contributed by atoms with E-state index in [9.17, 15) is 0 Å². The summed E-state index contributed by atoms with van der Waals surface area (Å²) in [5.74, 6) is 0.864. The third kappa shape index (κ3) is 4.39. The Morgan fingerprint density at radius 1 is 1.60 bits per heavy atom. The molecule has 0 saturated carbocycles. The first-order valence-electron chi connectivity index (χ1n) is 5.21. The zero-order chi connectivity index (χ0) is 11.3. The molecule has 84 valence electrons. The van der Waals surface area contributed by atoms with E-state index in [0.717, 1.165) is 16.7 Å². The first kappa shape index (κ1) is 12.8. The van der Waals surface area contributed by atoms with E-state index in [1.807, 2.05) is 6.07 Å². The van der Waals surface area contributed by atoms with Crippen molar-refractivity contribution in [2.75, 3.05) is 5.32 Å². The second-order valence-electron chi connectivity index (χ2n) is 3.67. The zero-order valence-electron chi connectivity index (χ0n) is 9.06. The summed E-state index contributed by atoms with van der Waals surface area (Å²) in [6.45, 7) is 4.36. The van der Waals surface area contributed by atoms with Gasteiger partial charge in [0.05, 0.1) is 9.50 Å². The monoisotopic (exact) mass is 290 g/mol. The molecule has 0 spiro atoms. The molecule has 0 aliphatic carbocycles. The van der Waals surface area contributed by atoms with Crippen LogP contribution >= 0.6 is 27.5 Å². The molecule has 1 aromatic heterocycles. The summed E-state index contributed by atoms with van der Waals surface area (Å²) in [4.78, 5) is 4.24. The van der Waals surface area contributed by atoms with Crippen LogP contribution in [0.5, 0.6) is 0 Å². The van der Waals surface area contributed by atoms with Crippen molar-refractivity contribution >= 4 is 33.3 Å². The van der Waals surface area contributed by atoms with Gasteiger partial charge >= 0.3 is 0 Å². The lowest BCUT2D eigenvalue weighted by Crippen LogP contribution is -2.16. The molecular weight excluding hydrogens is 275 g/mol. The van der Waals surface area contributed by atoms with Crippen LogP contribution < -0.4 is 5.32 Å². The van der Waals surface area contributed by atoms with E-state index in [0.29, 0.717) is 11.1 Å². The third-order valence-corrected chi connectivity index (χ3v) is 2.99. The van der Waals surface area contributed by atoms with Gasteiger partial charge in [-0.3, -0.25) is 0 Å². The van der Waals surface area contributed by atoms with Gasteiger partial charge < -0.3 is 5.32 Å². The van der Waals surface area contributed by atoms with Crippen molar-refractivity contribution in [3.8, 4) is 0 Å². The Morgan fingerprint density at radius 3 is 2.93 bits per heavy atom. The van der Waals surface area contributed by atoms with Crippen LogP contribution in [0.2, 0.25) is 5.02 Å². The fraction of sp³-hybridized carbons (Fsp3) is 0.545. The molecule has 0 aliphatic heterocycles. The molecule has 1 N–H and O–H groups in total. The van der Waals surface area contributed by atoms with Crippen molar-refractivity contribution < 1.29 is 0 Å². The Balaban J connectivity index is 2.56. The lowest BCUT2D eigenvalue weighted by atomic mass is 10.1. The Bertz CT molecular complexity index is 317. The number of nitrogens with zero attached hydrogens (tertiary/aromatic N) is 1. The maximum absolute atomic E-state index is 5.82. The topological polar surface area (TPSA) is 24.9 Å². The fourth-order valence-corrected chi connectivity index (χ4v) is 2.09. The zero-order valence-corrected chi connectivity index (χ0v) is 11.4. The largest absolute Gasteiger partial charge is 0.367 e. The summed E-state index contributed by atoms with van der Waals surface area (Å²) >= 11 is 9.25. The van der Waals surface area contributed by atoms with Gasteiger partial charge in [0.2, 0.25) is 0 Å². The summed E-state index contributed by atoms with van der Waals surface area (Å²) in [6.07, 6.45) is 5.27. The van der Waals surface area contributed by atoms with Crippen molar-refractivity contribution in [2.45, 2.75) is 39.2 Å². The van der Waals surface area contributed by atoms with Gasteiger partial charge in [-0.15, -0.1) is 0 Å². The summed E-state index contributed by atoms with van der Waals surface area (Å²) in [7, 11) is 0. The van der Waals surface area contributed by atoms with Crippen molar-refractivity contribution in [2.24, 2.45) is 0 Å². The highest BCUT2D eigenvalue weighted by molar-refractivity contribution is 9.10. The van der Waals surface area contributed by atoms with Gasteiger partial charge in [-0.05, 0) is 35.3 Å². The lowest BCUT2D eigenvalue weighted by molar-refractivity contribution is 0.643. The Labute approximate surface area is 105 Å². The van der Waals surface area contributed by atoms with Gasteiger partial charge in [0.15, 0.2) is 0 Å². The van der Waals surface area contributed by atoms with Crippen LogP contribution in [0, 0.1) is 0 Å². The minimum absolute atomic E-state index is 0.440.